The molecule has 0 radical (unpaired) electrons. The van der Waals surface area contributed by atoms with Crippen LogP contribution in [0.25, 0.3) is 0 Å². The van der Waals surface area contributed by atoms with Crippen LogP contribution in [0.3, 0.4) is 0 Å². The molecule has 104 valence electrons. The van der Waals surface area contributed by atoms with E-state index in [1.807, 2.05) is 36.2 Å². The second-order valence-corrected chi connectivity index (χ2v) is 5.32. The SMILES string of the molecule is CCNc1ccc(C(=O)N(C)C2CCCCC2)cc1. The summed E-state index contributed by atoms with van der Waals surface area (Å²) < 4.78 is 0. The van der Waals surface area contributed by atoms with Gasteiger partial charge in [-0.2, -0.15) is 0 Å². The number of rotatable bonds is 4. The molecule has 1 fully saturated rings. The van der Waals surface area contributed by atoms with Gasteiger partial charge in [0, 0.05) is 30.9 Å². The van der Waals surface area contributed by atoms with Crippen molar-refractivity contribution in [3.05, 3.63) is 29.8 Å². The van der Waals surface area contributed by atoms with Gasteiger partial charge in [0.25, 0.3) is 5.91 Å². The Hall–Kier alpha value is -1.51. The molecular weight excluding hydrogens is 236 g/mol. The van der Waals surface area contributed by atoms with Crippen LogP contribution >= 0.6 is 0 Å². The second kappa shape index (κ2) is 6.60. The summed E-state index contributed by atoms with van der Waals surface area (Å²) in [5.41, 5.74) is 1.86. The Morgan fingerprint density at radius 3 is 2.42 bits per heavy atom. The fourth-order valence-electron chi connectivity index (χ4n) is 2.77. The van der Waals surface area contributed by atoms with E-state index < -0.39 is 0 Å². The maximum absolute atomic E-state index is 12.4. The van der Waals surface area contributed by atoms with Crippen LogP contribution < -0.4 is 5.32 Å². The zero-order valence-electron chi connectivity index (χ0n) is 12.0. The number of anilines is 1. The smallest absolute Gasteiger partial charge is 0.253 e. The number of carbonyl (C=O) groups is 1. The number of hydrogen-bond acceptors (Lipinski definition) is 2. The Bertz CT molecular complexity index is 407. The Balaban J connectivity index is 2.01. The predicted molar refractivity (Wildman–Crippen MR) is 79.6 cm³/mol. The predicted octanol–water partition coefficient (Wildman–Crippen LogP) is 3.52. The summed E-state index contributed by atoms with van der Waals surface area (Å²) in [5, 5.41) is 3.24. The van der Waals surface area contributed by atoms with Crippen LogP contribution in [0.1, 0.15) is 49.4 Å². The molecule has 2 rings (SSSR count). The third-order valence-corrected chi connectivity index (χ3v) is 3.96. The first kappa shape index (κ1) is 13.9. The molecule has 1 aliphatic rings. The average molecular weight is 260 g/mol. The number of hydrogen-bond donors (Lipinski definition) is 1. The van der Waals surface area contributed by atoms with Crippen molar-refractivity contribution in [2.75, 3.05) is 18.9 Å². The molecule has 1 saturated carbocycles. The van der Waals surface area contributed by atoms with Crippen molar-refractivity contribution in [2.24, 2.45) is 0 Å². The first-order chi connectivity index (χ1) is 9.22. The first-order valence-electron chi connectivity index (χ1n) is 7.33. The lowest BCUT2D eigenvalue weighted by molar-refractivity contribution is 0.0696. The summed E-state index contributed by atoms with van der Waals surface area (Å²) in [7, 11) is 1.94. The summed E-state index contributed by atoms with van der Waals surface area (Å²) in [5.74, 6) is 0.148. The van der Waals surface area contributed by atoms with E-state index >= 15 is 0 Å². The maximum atomic E-state index is 12.4. The molecular formula is C16H24N2O. The van der Waals surface area contributed by atoms with Gasteiger partial charge in [-0.15, -0.1) is 0 Å². The van der Waals surface area contributed by atoms with Gasteiger partial charge >= 0.3 is 0 Å². The van der Waals surface area contributed by atoms with Crippen molar-refractivity contribution in [1.82, 2.24) is 4.90 Å². The number of amides is 1. The van der Waals surface area contributed by atoms with Gasteiger partial charge < -0.3 is 10.2 Å². The molecule has 19 heavy (non-hydrogen) atoms. The average Bonchev–Trinajstić information content (AvgIpc) is 2.48. The summed E-state index contributed by atoms with van der Waals surface area (Å²) in [6.45, 7) is 2.96. The van der Waals surface area contributed by atoms with Gasteiger partial charge in [-0.3, -0.25) is 4.79 Å². The number of nitrogens with one attached hydrogen (secondary N) is 1. The lowest BCUT2D eigenvalue weighted by atomic mass is 9.94. The minimum absolute atomic E-state index is 0.148. The normalized spacial score (nSPS) is 16.1. The number of carbonyl (C=O) groups excluding carboxylic acids is 1. The number of benzene rings is 1. The van der Waals surface area contributed by atoms with Crippen LogP contribution in [0.2, 0.25) is 0 Å². The molecule has 0 saturated heterocycles. The van der Waals surface area contributed by atoms with Crippen molar-refractivity contribution in [3.8, 4) is 0 Å². The quantitative estimate of drug-likeness (QED) is 0.898. The van der Waals surface area contributed by atoms with E-state index in [-0.39, 0.29) is 5.91 Å². The van der Waals surface area contributed by atoms with Crippen LogP contribution in [0.5, 0.6) is 0 Å². The summed E-state index contributed by atoms with van der Waals surface area (Å²) >= 11 is 0. The lowest BCUT2D eigenvalue weighted by Gasteiger charge is -2.31. The summed E-state index contributed by atoms with van der Waals surface area (Å²) in [6.07, 6.45) is 6.12. The van der Waals surface area contributed by atoms with Gasteiger partial charge in [-0.05, 0) is 44.0 Å². The molecule has 1 aromatic carbocycles. The monoisotopic (exact) mass is 260 g/mol. The van der Waals surface area contributed by atoms with Crippen molar-refractivity contribution < 1.29 is 4.79 Å². The molecule has 1 N–H and O–H groups in total. The van der Waals surface area contributed by atoms with Crippen LogP contribution in [-0.2, 0) is 0 Å². The topological polar surface area (TPSA) is 32.3 Å². The van der Waals surface area contributed by atoms with E-state index in [0.29, 0.717) is 6.04 Å². The third-order valence-electron chi connectivity index (χ3n) is 3.96. The van der Waals surface area contributed by atoms with Crippen molar-refractivity contribution in [1.29, 1.82) is 0 Å². The Morgan fingerprint density at radius 1 is 1.21 bits per heavy atom. The second-order valence-electron chi connectivity index (χ2n) is 5.32. The molecule has 0 unspecified atom stereocenters. The van der Waals surface area contributed by atoms with Gasteiger partial charge in [-0.1, -0.05) is 19.3 Å². The number of nitrogens with zero attached hydrogens (tertiary/aromatic N) is 1. The molecule has 0 bridgehead atoms. The highest BCUT2D eigenvalue weighted by Crippen LogP contribution is 2.23. The van der Waals surface area contributed by atoms with Crippen molar-refractivity contribution in [2.45, 2.75) is 45.1 Å². The maximum Gasteiger partial charge on any atom is 0.253 e. The van der Waals surface area contributed by atoms with Gasteiger partial charge in [0.2, 0.25) is 0 Å². The third kappa shape index (κ3) is 3.49. The van der Waals surface area contributed by atoms with Crippen LogP contribution in [0.4, 0.5) is 5.69 Å². The minimum atomic E-state index is 0.148. The largest absolute Gasteiger partial charge is 0.385 e. The van der Waals surface area contributed by atoms with E-state index in [1.165, 1.54) is 19.3 Å². The van der Waals surface area contributed by atoms with Crippen molar-refractivity contribution in [3.63, 3.8) is 0 Å². The fraction of sp³-hybridized carbons (Fsp3) is 0.562. The van der Waals surface area contributed by atoms with Crippen LogP contribution in [0.15, 0.2) is 24.3 Å². The van der Waals surface area contributed by atoms with Crippen LogP contribution in [0, 0.1) is 0 Å². The molecule has 0 spiro atoms. The van der Waals surface area contributed by atoms with E-state index in [4.69, 9.17) is 0 Å². The Kier molecular flexibility index (Phi) is 4.83. The van der Waals surface area contributed by atoms with Crippen molar-refractivity contribution >= 4 is 11.6 Å². The Labute approximate surface area is 116 Å². The molecule has 0 atom stereocenters. The summed E-state index contributed by atoms with van der Waals surface area (Å²) in [6, 6.07) is 8.21. The van der Waals surface area contributed by atoms with Gasteiger partial charge in [0.1, 0.15) is 0 Å². The standard InChI is InChI=1S/C16H24N2O/c1-3-17-14-11-9-13(10-12-14)16(19)18(2)15-7-5-4-6-8-15/h9-12,15,17H,3-8H2,1-2H3. The fourth-order valence-corrected chi connectivity index (χ4v) is 2.77. The highest BCUT2D eigenvalue weighted by molar-refractivity contribution is 5.94. The Morgan fingerprint density at radius 2 is 1.84 bits per heavy atom. The van der Waals surface area contributed by atoms with E-state index in [1.54, 1.807) is 0 Å². The minimum Gasteiger partial charge on any atom is -0.385 e. The molecule has 1 aromatic rings. The molecule has 0 aromatic heterocycles. The molecule has 3 heteroatoms. The molecule has 0 aliphatic heterocycles. The zero-order valence-corrected chi connectivity index (χ0v) is 12.0. The van der Waals surface area contributed by atoms with E-state index in [0.717, 1.165) is 30.6 Å². The molecule has 3 nitrogen and oxygen atoms in total. The van der Waals surface area contributed by atoms with E-state index in [9.17, 15) is 4.79 Å². The highest BCUT2D eigenvalue weighted by Gasteiger charge is 2.22. The van der Waals surface area contributed by atoms with E-state index in [2.05, 4.69) is 12.2 Å². The molecule has 1 amide bonds. The van der Waals surface area contributed by atoms with Gasteiger partial charge in [0.05, 0.1) is 0 Å². The highest BCUT2D eigenvalue weighted by atomic mass is 16.2. The summed E-state index contributed by atoms with van der Waals surface area (Å²) in [4.78, 5) is 14.4. The zero-order chi connectivity index (χ0) is 13.7. The molecule has 0 heterocycles. The lowest BCUT2D eigenvalue weighted by Crippen LogP contribution is -2.38. The molecule has 1 aliphatic carbocycles. The van der Waals surface area contributed by atoms with Gasteiger partial charge in [0.15, 0.2) is 0 Å². The van der Waals surface area contributed by atoms with Crippen LogP contribution in [-0.4, -0.2) is 30.4 Å². The first-order valence-corrected chi connectivity index (χ1v) is 7.33. The van der Waals surface area contributed by atoms with Gasteiger partial charge in [-0.25, -0.2) is 0 Å².